The van der Waals surface area contributed by atoms with Crippen LogP contribution >= 0.6 is 0 Å². The summed E-state index contributed by atoms with van der Waals surface area (Å²) in [7, 11) is 0. The van der Waals surface area contributed by atoms with E-state index in [1.807, 2.05) is 0 Å². The van der Waals surface area contributed by atoms with Crippen LogP contribution in [0.1, 0.15) is 193 Å². The van der Waals surface area contributed by atoms with Crippen molar-refractivity contribution in [3.8, 4) is 11.5 Å². The van der Waals surface area contributed by atoms with Gasteiger partial charge in [-0.2, -0.15) is 0 Å². The van der Waals surface area contributed by atoms with Crippen molar-refractivity contribution in [1.82, 2.24) is 0 Å². The van der Waals surface area contributed by atoms with Crippen molar-refractivity contribution in [3.63, 3.8) is 0 Å². The predicted octanol–water partition coefficient (Wildman–Crippen LogP) is 14.7. The lowest BCUT2D eigenvalue weighted by Gasteiger charge is -2.58. The van der Waals surface area contributed by atoms with Crippen molar-refractivity contribution >= 4 is 0 Å². The average molecular weight is 781 g/mol. The van der Waals surface area contributed by atoms with Crippen LogP contribution in [0.3, 0.4) is 0 Å². The summed E-state index contributed by atoms with van der Waals surface area (Å²) < 4.78 is 26.4. The normalized spacial score (nSPS) is 34.7. The lowest BCUT2D eigenvalue weighted by molar-refractivity contribution is -0.227. The molecule has 9 aliphatic carbocycles. The Morgan fingerprint density at radius 2 is 0.912 bits per heavy atom. The zero-order chi connectivity index (χ0) is 39.6. The minimum Gasteiger partial charge on any atom is -0.464 e. The van der Waals surface area contributed by atoms with Gasteiger partial charge >= 0.3 is 0 Å². The van der Waals surface area contributed by atoms with Crippen LogP contribution in [0.15, 0.2) is 48.5 Å². The summed E-state index contributed by atoms with van der Waals surface area (Å²) in [5.74, 6) is 9.58. The van der Waals surface area contributed by atoms with Crippen LogP contribution in [0.2, 0.25) is 0 Å². The molecule has 4 heteroatoms. The molecule has 11 rings (SSSR count). The molecule has 0 N–H and O–H groups in total. The van der Waals surface area contributed by atoms with E-state index in [0.717, 1.165) is 59.5 Å². The first kappa shape index (κ1) is 41.7. The molecule has 0 aliphatic heterocycles. The van der Waals surface area contributed by atoms with Gasteiger partial charge in [-0.05, 0) is 199 Å². The topological polar surface area (TPSA) is 36.9 Å². The van der Waals surface area contributed by atoms with Gasteiger partial charge in [0.15, 0.2) is 0 Å². The zero-order valence-electron chi connectivity index (χ0n) is 37.0. The van der Waals surface area contributed by atoms with E-state index in [9.17, 15) is 0 Å². The van der Waals surface area contributed by atoms with Gasteiger partial charge in [-0.1, -0.05) is 84.1 Å². The molecule has 4 atom stereocenters. The summed E-state index contributed by atoms with van der Waals surface area (Å²) in [5.41, 5.74) is 3.32. The number of benzene rings is 2. The van der Waals surface area contributed by atoms with E-state index in [0.29, 0.717) is 11.8 Å². The molecular formula is C53H80O4. The third kappa shape index (κ3) is 9.79. The van der Waals surface area contributed by atoms with Crippen LogP contribution in [0.5, 0.6) is 11.5 Å². The SMILES string of the molecule is CCC(C)c1ccc(OC(OC(C)C)C23CC4CC(CC(C4)C2)C3)cc1.CCC(C)c1ccc(OC(OCCC2CCCCC2)C23CC4CC(CC(C4)C2)C3)cc1. The van der Waals surface area contributed by atoms with Crippen molar-refractivity contribution < 1.29 is 18.9 Å². The van der Waals surface area contributed by atoms with Gasteiger partial charge in [-0.3, -0.25) is 0 Å². The van der Waals surface area contributed by atoms with Crippen LogP contribution in [0.25, 0.3) is 0 Å². The Balaban J connectivity index is 0.000000162. The second-order valence-corrected chi connectivity index (χ2v) is 21.6. The molecule has 0 amide bonds. The number of hydrogen-bond acceptors (Lipinski definition) is 4. The summed E-state index contributed by atoms with van der Waals surface area (Å²) in [4.78, 5) is 0. The van der Waals surface area contributed by atoms with Crippen molar-refractivity contribution in [3.05, 3.63) is 59.7 Å². The minimum absolute atomic E-state index is 0.0565. The highest BCUT2D eigenvalue weighted by atomic mass is 16.7. The Morgan fingerprint density at radius 1 is 0.526 bits per heavy atom. The van der Waals surface area contributed by atoms with Gasteiger partial charge in [0.25, 0.3) is 0 Å². The highest BCUT2D eigenvalue weighted by Crippen LogP contribution is 2.63. The van der Waals surface area contributed by atoms with Crippen molar-refractivity contribution in [2.75, 3.05) is 6.61 Å². The predicted molar refractivity (Wildman–Crippen MR) is 234 cm³/mol. The summed E-state index contributed by atoms with van der Waals surface area (Å²) in [6.45, 7) is 14.3. The fraction of sp³-hybridized carbons (Fsp3) is 0.774. The molecule has 0 radical (unpaired) electrons. The van der Waals surface area contributed by atoms with Crippen molar-refractivity contribution in [1.29, 1.82) is 0 Å². The van der Waals surface area contributed by atoms with E-state index in [4.69, 9.17) is 18.9 Å². The third-order valence-electron chi connectivity index (χ3n) is 16.7. The van der Waals surface area contributed by atoms with Gasteiger partial charge in [0.1, 0.15) is 11.5 Å². The van der Waals surface area contributed by atoms with Gasteiger partial charge in [0, 0.05) is 10.8 Å². The smallest absolute Gasteiger partial charge is 0.205 e. The number of ether oxygens (including phenoxy) is 4. The van der Waals surface area contributed by atoms with Gasteiger partial charge in [0.05, 0.1) is 12.7 Å². The first-order chi connectivity index (χ1) is 27.6. The van der Waals surface area contributed by atoms with Gasteiger partial charge in [-0.25, -0.2) is 0 Å². The van der Waals surface area contributed by atoms with Crippen LogP contribution < -0.4 is 9.47 Å². The molecule has 0 spiro atoms. The second-order valence-electron chi connectivity index (χ2n) is 21.6. The monoisotopic (exact) mass is 781 g/mol. The van der Waals surface area contributed by atoms with E-state index in [1.165, 1.54) is 140 Å². The van der Waals surface area contributed by atoms with Gasteiger partial charge < -0.3 is 18.9 Å². The third-order valence-corrected chi connectivity index (χ3v) is 16.7. The Kier molecular flexibility index (Phi) is 13.4. The Morgan fingerprint density at radius 3 is 1.30 bits per heavy atom. The molecule has 9 fully saturated rings. The van der Waals surface area contributed by atoms with Gasteiger partial charge in [-0.15, -0.1) is 0 Å². The zero-order valence-corrected chi connectivity index (χ0v) is 37.0. The summed E-state index contributed by atoms with van der Waals surface area (Å²) in [5, 5.41) is 0. The molecule has 4 unspecified atom stereocenters. The molecule has 4 nitrogen and oxygen atoms in total. The molecule has 9 aliphatic rings. The van der Waals surface area contributed by atoms with Crippen LogP contribution in [0.4, 0.5) is 0 Å². The Bertz CT molecular complexity index is 1470. The van der Waals surface area contributed by atoms with Crippen molar-refractivity contribution in [2.45, 2.75) is 200 Å². The number of hydrogen-bond donors (Lipinski definition) is 0. The quantitative estimate of drug-likeness (QED) is 0.159. The summed E-state index contributed by atoms with van der Waals surface area (Å²) in [6.07, 6.45) is 27.4. The maximum absolute atomic E-state index is 6.73. The number of rotatable bonds is 16. The molecular weight excluding hydrogens is 701 g/mol. The van der Waals surface area contributed by atoms with E-state index in [1.54, 1.807) is 0 Å². The molecule has 57 heavy (non-hydrogen) atoms. The molecule has 0 heterocycles. The van der Waals surface area contributed by atoms with Crippen LogP contribution in [-0.4, -0.2) is 25.3 Å². The maximum atomic E-state index is 6.73. The van der Waals surface area contributed by atoms with E-state index >= 15 is 0 Å². The average Bonchev–Trinajstić information content (AvgIpc) is 3.19. The first-order valence-electron chi connectivity index (χ1n) is 24.4. The van der Waals surface area contributed by atoms with Crippen LogP contribution in [-0.2, 0) is 9.47 Å². The van der Waals surface area contributed by atoms with Gasteiger partial charge in [0.2, 0.25) is 12.6 Å². The fourth-order valence-electron chi connectivity index (χ4n) is 14.1. The van der Waals surface area contributed by atoms with Crippen molar-refractivity contribution in [2.24, 2.45) is 52.3 Å². The fourth-order valence-corrected chi connectivity index (χ4v) is 14.1. The summed E-state index contributed by atoms with van der Waals surface area (Å²) >= 11 is 0. The molecule has 2 aromatic rings. The Hall–Kier alpha value is -2.04. The molecule has 316 valence electrons. The van der Waals surface area contributed by atoms with E-state index in [-0.39, 0.29) is 29.5 Å². The lowest BCUT2D eigenvalue weighted by atomic mass is 9.49. The van der Waals surface area contributed by atoms with E-state index in [2.05, 4.69) is 90.1 Å². The molecule has 9 saturated carbocycles. The molecule has 2 aromatic carbocycles. The highest BCUT2D eigenvalue weighted by molar-refractivity contribution is 5.30. The largest absolute Gasteiger partial charge is 0.464 e. The second kappa shape index (κ2) is 18.3. The molecule has 0 saturated heterocycles. The summed E-state index contributed by atoms with van der Waals surface area (Å²) in [6, 6.07) is 17.7. The first-order valence-corrected chi connectivity index (χ1v) is 24.4. The Labute approximate surface area is 348 Å². The lowest BCUT2D eigenvalue weighted by Crippen LogP contribution is -2.54. The highest BCUT2D eigenvalue weighted by Gasteiger charge is 2.57. The maximum Gasteiger partial charge on any atom is 0.205 e. The standard InChI is InChI=1S/C29H44O2.C24H36O2/c1-3-21(2)26-9-11-27(12-10-26)31-28(30-14-13-22-7-5-4-6-8-22)29-18-23-15-24(19-29)17-25(16-23)20-29;1-5-17(4)21-6-8-22(9-7-21)26-23(25-16(2)3)24-13-18-10-19(14-24)12-20(11-18)15-24/h9-12,21-25,28H,3-8,13-20H2,1-2H3;6-9,16-20,23H,5,10-15H2,1-4H3. The van der Waals surface area contributed by atoms with Crippen LogP contribution in [0, 0.1) is 52.3 Å². The van der Waals surface area contributed by atoms with E-state index < -0.39 is 0 Å². The molecule has 8 bridgehead atoms. The minimum atomic E-state index is -0.0923. The molecule has 0 aromatic heterocycles.